The zero-order chi connectivity index (χ0) is 9.56. The summed E-state index contributed by atoms with van der Waals surface area (Å²) in [5.41, 5.74) is 0. The smallest absolute Gasteiger partial charge is 0.132 e. The van der Waals surface area contributed by atoms with Gasteiger partial charge in [0.25, 0.3) is 0 Å². The molecule has 0 fully saturated rings. The molecule has 0 rings (SSSR count). The molecule has 0 aromatic carbocycles. The molecular formula is C9H15O3-. The van der Waals surface area contributed by atoms with Gasteiger partial charge in [-0.25, -0.2) is 0 Å². The highest BCUT2D eigenvalue weighted by Crippen LogP contribution is 2.13. The SMILES string of the molecule is CCC[C@@H](CCC(=O)[O-])C(C)=O. The minimum absolute atomic E-state index is 0.00968. The molecule has 0 N–H and O–H groups in total. The van der Waals surface area contributed by atoms with E-state index in [-0.39, 0.29) is 18.1 Å². The van der Waals surface area contributed by atoms with Gasteiger partial charge in [0.15, 0.2) is 0 Å². The van der Waals surface area contributed by atoms with Crippen LogP contribution in [-0.4, -0.2) is 11.8 Å². The van der Waals surface area contributed by atoms with Crippen LogP contribution in [0, 0.1) is 5.92 Å². The zero-order valence-corrected chi connectivity index (χ0v) is 7.63. The molecule has 0 radical (unpaired) electrons. The first-order chi connectivity index (χ1) is 5.57. The first-order valence-electron chi connectivity index (χ1n) is 4.28. The van der Waals surface area contributed by atoms with Crippen LogP contribution in [0.5, 0.6) is 0 Å². The van der Waals surface area contributed by atoms with Crippen LogP contribution < -0.4 is 5.11 Å². The highest BCUT2D eigenvalue weighted by molar-refractivity contribution is 5.78. The van der Waals surface area contributed by atoms with Crippen molar-refractivity contribution in [2.45, 2.75) is 39.5 Å². The van der Waals surface area contributed by atoms with Gasteiger partial charge in [-0.15, -0.1) is 0 Å². The van der Waals surface area contributed by atoms with Gasteiger partial charge in [0.1, 0.15) is 5.78 Å². The quantitative estimate of drug-likeness (QED) is 0.585. The molecule has 0 aromatic rings. The molecule has 0 spiro atoms. The van der Waals surface area contributed by atoms with Crippen LogP contribution >= 0.6 is 0 Å². The number of carboxylic acids is 1. The van der Waals surface area contributed by atoms with E-state index in [2.05, 4.69) is 0 Å². The van der Waals surface area contributed by atoms with Crippen LogP contribution in [0.2, 0.25) is 0 Å². The minimum Gasteiger partial charge on any atom is -0.550 e. The molecule has 0 aliphatic heterocycles. The number of hydrogen-bond acceptors (Lipinski definition) is 3. The first kappa shape index (κ1) is 11.1. The topological polar surface area (TPSA) is 57.2 Å². The number of carboxylic acid groups (broad SMARTS) is 1. The molecule has 1 atom stereocenters. The number of aliphatic carboxylic acids is 1. The summed E-state index contributed by atoms with van der Waals surface area (Å²) < 4.78 is 0. The molecule has 0 saturated heterocycles. The highest BCUT2D eigenvalue weighted by Gasteiger charge is 2.12. The van der Waals surface area contributed by atoms with Gasteiger partial charge < -0.3 is 9.90 Å². The molecule has 70 valence electrons. The maximum absolute atomic E-state index is 10.9. The molecule has 0 bridgehead atoms. The van der Waals surface area contributed by atoms with Gasteiger partial charge >= 0.3 is 0 Å². The number of rotatable bonds is 6. The third-order valence-corrected chi connectivity index (χ3v) is 1.91. The van der Waals surface area contributed by atoms with Crippen molar-refractivity contribution < 1.29 is 14.7 Å². The predicted octanol–water partition coefficient (Wildman–Crippen LogP) is 0.522. The van der Waals surface area contributed by atoms with E-state index in [1.807, 2.05) is 6.92 Å². The largest absolute Gasteiger partial charge is 0.550 e. The van der Waals surface area contributed by atoms with Crippen LogP contribution in [0.3, 0.4) is 0 Å². The molecule has 0 amide bonds. The Labute approximate surface area is 72.8 Å². The zero-order valence-electron chi connectivity index (χ0n) is 7.63. The second kappa shape index (κ2) is 5.75. The third kappa shape index (κ3) is 4.88. The lowest BCUT2D eigenvalue weighted by Gasteiger charge is -2.12. The van der Waals surface area contributed by atoms with Gasteiger partial charge in [0.2, 0.25) is 0 Å². The summed E-state index contributed by atoms with van der Waals surface area (Å²) in [4.78, 5) is 21.0. The van der Waals surface area contributed by atoms with E-state index in [0.717, 1.165) is 12.8 Å². The Bertz CT molecular complexity index is 163. The fourth-order valence-corrected chi connectivity index (χ4v) is 1.19. The van der Waals surface area contributed by atoms with E-state index >= 15 is 0 Å². The number of hydrogen-bond donors (Lipinski definition) is 0. The van der Waals surface area contributed by atoms with Crippen molar-refractivity contribution in [3.63, 3.8) is 0 Å². The van der Waals surface area contributed by atoms with E-state index in [1.54, 1.807) is 0 Å². The second-order valence-electron chi connectivity index (χ2n) is 3.01. The molecule has 0 aromatic heterocycles. The van der Waals surface area contributed by atoms with E-state index in [0.29, 0.717) is 6.42 Å². The maximum Gasteiger partial charge on any atom is 0.132 e. The Morgan fingerprint density at radius 3 is 2.25 bits per heavy atom. The van der Waals surface area contributed by atoms with Crippen molar-refractivity contribution in [3.8, 4) is 0 Å². The summed E-state index contributed by atoms with van der Waals surface area (Å²) in [5.74, 6) is -1.08. The normalized spacial score (nSPS) is 12.5. The van der Waals surface area contributed by atoms with Crippen molar-refractivity contribution >= 4 is 11.8 Å². The fourth-order valence-electron chi connectivity index (χ4n) is 1.19. The molecule has 12 heavy (non-hydrogen) atoms. The minimum atomic E-state index is -1.07. The maximum atomic E-state index is 10.9. The summed E-state index contributed by atoms with van der Waals surface area (Å²) >= 11 is 0. The van der Waals surface area contributed by atoms with Crippen molar-refractivity contribution in [3.05, 3.63) is 0 Å². The first-order valence-corrected chi connectivity index (χ1v) is 4.28. The Morgan fingerprint density at radius 1 is 1.33 bits per heavy atom. The van der Waals surface area contributed by atoms with Crippen LogP contribution in [0.25, 0.3) is 0 Å². The van der Waals surface area contributed by atoms with Gasteiger partial charge in [0, 0.05) is 11.9 Å². The van der Waals surface area contributed by atoms with E-state index < -0.39 is 5.97 Å². The lowest BCUT2D eigenvalue weighted by Crippen LogP contribution is -2.24. The standard InChI is InChI=1S/C9H16O3/c1-3-4-8(7(2)10)5-6-9(11)12/h8H,3-6H2,1-2H3,(H,11,12)/p-1/t8-/m0/s1. The summed E-state index contributed by atoms with van der Waals surface area (Å²) in [6.07, 6.45) is 2.11. The summed E-state index contributed by atoms with van der Waals surface area (Å²) in [5, 5.41) is 10.1. The Morgan fingerprint density at radius 2 is 1.92 bits per heavy atom. The lowest BCUT2D eigenvalue weighted by atomic mass is 9.94. The number of carbonyl (C=O) groups is 2. The van der Waals surface area contributed by atoms with E-state index in [9.17, 15) is 14.7 Å². The molecule has 3 nitrogen and oxygen atoms in total. The summed E-state index contributed by atoms with van der Waals surface area (Å²) in [6.45, 7) is 3.49. The van der Waals surface area contributed by atoms with Crippen LogP contribution in [-0.2, 0) is 9.59 Å². The molecule has 0 heterocycles. The van der Waals surface area contributed by atoms with Crippen LogP contribution in [0.4, 0.5) is 0 Å². The van der Waals surface area contributed by atoms with Crippen molar-refractivity contribution in [2.24, 2.45) is 5.92 Å². The summed E-state index contributed by atoms with van der Waals surface area (Å²) in [6, 6.07) is 0. The molecular weight excluding hydrogens is 156 g/mol. The van der Waals surface area contributed by atoms with Gasteiger partial charge in [-0.1, -0.05) is 13.3 Å². The Kier molecular flexibility index (Phi) is 5.34. The number of Topliss-reactive ketones (excluding diaryl/α,β-unsaturated/α-hetero) is 1. The second-order valence-corrected chi connectivity index (χ2v) is 3.01. The van der Waals surface area contributed by atoms with Gasteiger partial charge in [-0.05, 0) is 26.2 Å². The average Bonchev–Trinajstić information content (AvgIpc) is 1.96. The average molecular weight is 171 g/mol. The highest BCUT2D eigenvalue weighted by atomic mass is 16.4. The Balaban J connectivity index is 3.79. The fraction of sp³-hybridized carbons (Fsp3) is 0.778. The molecule has 3 heteroatoms. The van der Waals surface area contributed by atoms with Gasteiger partial charge in [-0.2, -0.15) is 0 Å². The van der Waals surface area contributed by atoms with Gasteiger partial charge in [0.05, 0.1) is 0 Å². The third-order valence-electron chi connectivity index (χ3n) is 1.91. The molecule has 0 aliphatic carbocycles. The summed E-state index contributed by atoms with van der Waals surface area (Å²) in [7, 11) is 0. The van der Waals surface area contributed by atoms with Crippen LogP contribution in [0.15, 0.2) is 0 Å². The molecule has 0 aliphatic rings. The lowest BCUT2D eigenvalue weighted by molar-refractivity contribution is -0.305. The number of ketones is 1. The monoisotopic (exact) mass is 171 g/mol. The van der Waals surface area contributed by atoms with E-state index in [1.165, 1.54) is 6.92 Å². The van der Waals surface area contributed by atoms with Crippen molar-refractivity contribution in [1.82, 2.24) is 0 Å². The van der Waals surface area contributed by atoms with Crippen LogP contribution in [0.1, 0.15) is 39.5 Å². The van der Waals surface area contributed by atoms with Crippen molar-refractivity contribution in [1.29, 1.82) is 0 Å². The van der Waals surface area contributed by atoms with E-state index in [4.69, 9.17) is 0 Å². The number of carbonyl (C=O) groups excluding carboxylic acids is 2. The predicted molar refractivity (Wildman–Crippen MR) is 43.3 cm³/mol. The molecule has 0 saturated carbocycles. The van der Waals surface area contributed by atoms with Crippen molar-refractivity contribution in [2.75, 3.05) is 0 Å². The van der Waals surface area contributed by atoms with Gasteiger partial charge in [-0.3, -0.25) is 4.79 Å². The Hall–Kier alpha value is -0.860. The molecule has 0 unspecified atom stereocenters.